The molecule has 2 aromatic rings. The Balaban J connectivity index is 2.30. The molecule has 0 atom stereocenters. The summed E-state index contributed by atoms with van der Waals surface area (Å²) in [6, 6.07) is 5.63. The van der Waals surface area contributed by atoms with Gasteiger partial charge in [0.2, 0.25) is 0 Å². The molecular weight excluding hydrogens is 284 g/mol. The first-order valence-electron chi connectivity index (χ1n) is 4.86. The lowest BCUT2D eigenvalue weighted by Crippen LogP contribution is -1.99. The maximum absolute atomic E-state index is 5.75. The molecule has 0 fully saturated rings. The van der Waals surface area contributed by atoms with Gasteiger partial charge in [0.15, 0.2) is 5.82 Å². The van der Waals surface area contributed by atoms with E-state index in [0.717, 1.165) is 15.9 Å². The number of ether oxygens (including phenoxy) is 1. The summed E-state index contributed by atoms with van der Waals surface area (Å²) in [5, 5.41) is 3.10. The molecule has 1 aromatic carbocycles. The van der Waals surface area contributed by atoms with Gasteiger partial charge in [0, 0.05) is 16.2 Å². The van der Waals surface area contributed by atoms with Crippen LogP contribution in [0.5, 0.6) is 5.75 Å². The number of nitrogens with two attached hydrogens (primary N) is 1. The summed E-state index contributed by atoms with van der Waals surface area (Å²) >= 11 is 3.40. The van der Waals surface area contributed by atoms with E-state index in [2.05, 4.69) is 31.2 Å². The normalized spacial score (nSPS) is 10.0. The Kier molecular flexibility index (Phi) is 3.43. The summed E-state index contributed by atoms with van der Waals surface area (Å²) in [4.78, 5) is 7.88. The third-order valence-electron chi connectivity index (χ3n) is 2.11. The molecule has 88 valence electrons. The predicted molar refractivity (Wildman–Crippen MR) is 70.4 cm³/mol. The second-order valence-electron chi connectivity index (χ2n) is 3.33. The molecule has 2 rings (SSSR count). The largest absolute Gasteiger partial charge is 0.497 e. The maximum Gasteiger partial charge on any atom is 0.157 e. The zero-order valence-corrected chi connectivity index (χ0v) is 10.7. The predicted octanol–water partition coefficient (Wildman–Crippen LogP) is 2.57. The summed E-state index contributed by atoms with van der Waals surface area (Å²) in [5.41, 5.74) is 7.07. The molecule has 0 aliphatic rings. The van der Waals surface area contributed by atoms with Crippen molar-refractivity contribution in [2.75, 3.05) is 18.2 Å². The monoisotopic (exact) mass is 294 g/mol. The van der Waals surface area contributed by atoms with E-state index < -0.39 is 0 Å². The number of aromatic nitrogens is 2. The van der Waals surface area contributed by atoms with Crippen LogP contribution in [0.4, 0.5) is 17.2 Å². The van der Waals surface area contributed by atoms with Crippen molar-refractivity contribution >= 4 is 33.1 Å². The molecular formula is C11H11BrN4O. The van der Waals surface area contributed by atoms with Crippen LogP contribution in [0.15, 0.2) is 35.2 Å². The Morgan fingerprint density at radius 3 is 2.88 bits per heavy atom. The zero-order valence-electron chi connectivity index (χ0n) is 9.14. The fourth-order valence-electron chi connectivity index (χ4n) is 1.33. The number of methoxy groups -OCH3 is 1. The molecule has 1 heterocycles. The van der Waals surface area contributed by atoms with E-state index >= 15 is 0 Å². The van der Waals surface area contributed by atoms with E-state index in [1.165, 1.54) is 6.33 Å². The lowest BCUT2D eigenvalue weighted by atomic mass is 10.3. The number of hydrogen-bond acceptors (Lipinski definition) is 5. The molecule has 3 N–H and O–H groups in total. The SMILES string of the molecule is COc1cc(Br)cc(Nc2ncncc2N)c1. The van der Waals surface area contributed by atoms with Gasteiger partial charge in [-0.25, -0.2) is 9.97 Å². The summed E-state index contributed by atoms with van der Waals surface area (Å²) in [5.74, 6) is 1.31. The maximum atomic E-state index is 5.75. The van der Waals surface area contributed by atoms with Crippen molar-refractivity contribution in [3.8, 4) is 5.75 Å². The molecule has 0 unspecified atom stereocenters. The van der Waals surface area contributed by atoms with Gasteiger partial charge in [0.05, 0.1) is 19.0 Å². The lowest BCUT2D eigenvalue weighted by molar-refractivity contribution is 0.415. The van der Waals surface area contributed by atoms with E-state index in [4.69, 9.17) is 10.5 Å². The van der Waals surface area contributed by atoms with Crippen LogP contribution in [0.25, 0.3) is 0 Å². The van der Waals surface area contributed by atoms with Gasteiger partial charge in [-0.05, 0) is 12.1 Å². The van der Waals surface area contributed by atoms with E-state index in [9.17, 15) is 0 Å². The van der Waals surface area contributed by atoms with Gasteiger partial charge in [-0.15, -0.1) is 0 Å². The quantitative estimate of drug-likeness (QED) is 0.910. The average Bonchev–Trinajstić information content (AvgIpc) is 2.31. The van der Waals surface area contributed by atoms with E-state index in [0.29, 0.717) is 11.5 Å². The number of benzene rings is 1. The molecule has 0 radical (unpaired) electrons. The van der Waals surface area contributed by atoms with Crippen LogP contribution in [0, 0.1) is 0 Å². The van der Waals surface area contributed by atoms with Crippen molar-refractivity contribution < 1.29 is 4.74 Å². The highest BCUT2D eigenvalue weighted by Gasteiger charge is 2.03. The number of hydrogen-bond donors (Lipinski definition) is 2. The molecule has 0 bridgehead atoms. The molecule has 0 aliphatic heterocycles. The first-order chi connectivity index (χ1) is 8.19. The minimum absolute atomic E-state index is 0.492. The molecule has 0 amide bonds. The van der Waals surface area contributed by atoms with E-state index in [1.807, 2.05) is 18.2 Å². The first-order valence-corrected chi connectivity index (χ1v) is 5.65. The minimum atomic E-state index is 0.492. The number of anilines is 3. The van der Waals surface area contributed by atoms with Crippen LogP contribution in [0.2, 0.25) is 0 Å². The second-order valence-corrected chi connectivity index (χ2v) is 4.25. The lowest BCUT2D eigenvalue weighted by Gasteiger charge is -2.09. The summed E-state index contributed by atoms with van der Waals surface area (Å²) in [6.45, 7) is 0. The highest BCUT2D eigenvalue weighted by molar-refractivity contribution is 9.10. The Morgan fingerprint density at radius 2 is 2.18 bits per heavy atom. The van der Waals surface area contributed by atoms with Gasteiger partial charge in [0.1, 0.15) is 12.1 Å². The highest BCUT2D eigenvalue weighted by Crippen LogP contribution is 2.27. The van der Waals surface area contributed by atoms with Crippen LogP contribution in [0.3, 0.4) is 0 Å². The molecule has 1 aromatic heterocycles. The van der Waals surface area contributed by atoms with Crippen molar-refractivity contribution in [1.82, 2.24) is 9.97 Å². The Hall–Kier alpha value is -1.82. The summed E-state index contributed by atoms with van der Waals surface area (Å²) < 4.78 is 6.08. The van der Waals surface area contributed by atoms with E-state index in [1.54, 1.807) is 13.3 Å². The topological polar surface area (TPSA) is 73.1 Å². The Labute approximate surface area is 107 Å². The van der Waals surface area contributed by atoms with Crippen molar-refractivity contribution in [2.24, 2.45) is 0 Å². The number of nitrogens with one attached hydrogen (secondary N) is 1. The standard InChI is InChI=1S/C11H11BrN4O/c1-17-9-3-7(12)2-8(4-9)16-11-10(13)5-14-6-15-11/h2-6H,13H2,1H3,(H,14,15,16). The third kappa shape index (κ3) is 2.85. The number of rotatable bonds is 3. The van der Waals surface area contributed by atoms with Crippen molar-refractivity contribution in [3.05, 3.63) is 35.2 Å². The second kappa shape index (κ2) is 5.01. The fraction of sp³-hybridized carbons (Fsp3) is 0.0909. The fourth-order valence-corrected chi connectivity index (χ4v) is 1.81. The molecule has 17 heavy (non-hydrogen) atoms. The van der Waals surface area contributed by atoms with Crippen LogP contribution in [-0.2, 0) is 0 Å². The minimum Gasteiger partial charge on any atom is -0.497 e. The van der Waals surface area contributed by atoms with Gasteiger partial charge in [-0.3, -0.25) is 0 Å². The molecule has 5 nitrogen and oxygen atoms in total. The summed E-state index contributed by atoms with van der Waals surface area (Å²) in [6.07, 6.45) is 2.98. The number of nitrogens with zero attached hydrogens (tertiary/aromatic N) is 2. The van der Waals surface area contributed by atoms with Gasteiger partial charge >= 0.3 is 0 Å². The number of nitrogen functional groups attached to an aromatic ring is 1. The van der Waals surface area contributed by atoms with Gasteiger partial charge in [0.25, 0.3) is 0 Å². The van der Waals surface area contributed by atoms with Gasteiger partial charge < -0.3 is 15.8 Å². The number of halogens is 1. The third-order valence-corrected chi connectivity index (χ3v) is 2.57. The molecule has 0 aliphatic carbocycles. The molecule has 0 saturated carbocycles. The molecule has 0 spiro atoms. The van der Waals surface area contributed by atoms with Crippen LogP contribution < -0.4 is 15.8 Å². The van der Waals surface area contributed by atoms with Crippen molar-refractivity contribution in [3.63, 3.8) is 0 Å². The van der Waals surface area contributed by atoms with Crippen LogP contribution in [-0.4, -0.2) is 17.1 Å². The van der Waals surface area contributed by atoms with E-state index in [-0.39, 0.29) is 0 Å². The first kappa shape index (κ1) is 11.7. The Morgan fingerprint density at radius 1 is 1.35 bits per heavy atom. The smallest absolute Gasteiger partial charge is 0.157 e. The summed E-state index contributed by atoms with van der Waals surface area (Å²) in [7, 11) is 1.62. The average molecular weight is 295 g/mol. The molecule has 6 heteroatoms. The van der Waals surface area contributed by atoms with Crippen LogP contribution in [0.1, 0.15) is 0 Å². The van der Waals surface area contributed by atoms with Crippen molar-refractivity contribution in [2.45, 2.75) is 0 Å². The van der Waals surface area contributed by atoms with Crippen molar-refractivity contribution in [1.29, 1.82) is 0 Å². The molecule has 0 saturated heterocycles. The Bertz CT molecular complexity index is 533. The van der Waals surface area contributed by atoms with Gasteiger partial charge in [-0.1, -0.05) is 15.9 Å². The zero-order chi connectivity index (χ0) is 12.3. The highest BCUT2D eigenvalue weighted by atomic mass is 79.9. The van der Waals surface area contributed by atoms with Gasteiger partial charge in [-0.2, -0.15) is 0 Å². The van der Waals surface area contributed by atoms with Crippen LogP contribution >= 0.6 is 15.9 Å².